The van der Waals surface area contributed by atoms with Crippen molar-refractivity contribution in [2.75, 3.05) is 0 Å². The van der Waals surface area contributed by atoms with Crippen LogP contribution < -0.4 is 4.72 Å². The molecule has 0 amide bonds. The van der Waals surface area contributed by atoms with Gasteiger partial charge in [-0.3, -0.25) is 0 Å². The molecule has 2 rings (SSSR count). The third-order valence-electron chi connectivity index (χ3n) is 2.95. The van der Waals surface area contributed by atoms with Gasteiger partial charge in [0.05, 0.1) is 15.5 Å². The number of nitrogens with one attached hydrogen (secondary N) is 1. The largest absolute Gasteiger partial charge is 0.416 e. The Labute approximate surface area is 139 Å². The summed E-state index contributed by atoms with van der Waals surface area (Å²) in [6.45, 7) is -0.585. The monoisotopic (exact) mass is 385 g/mol. The van der Waals surface area contributed by atoms with E-state index < -0.39 is 45.0 Å². The molecule has 0 aliphatic rings. The van der Waals surface area contributed by atoms with Crippen molar-refractivity contribution in [1.29, 1.82) is 0 Å². The van der Waals surface area contributed by atoms with Crippen LogP contribution in [0, 0.1) is 11.6 Å². The standard InChI is InChI=1S/C14H9ClF5NO2S/c15-12-6-11(1-2-13(12)17)24(22,23)21-7-8-3-9(14(18,19)20)5-10(16)4-8/h1-6,21H,7H2. The zero-order chi connectivity index (χ0) is 18.1. The van der Waals surface area contributed by atoms with E-state index in [4.69, 9.17) is 11.6 Å². The minimum Gasteiger partial charge on any atom is -0.207 e. The summed E-state index contributed by atoms with van der Waals surface area (Å²) >= 11 is 5.49. The van der Waals surface area contributed by atoms with Gasteiger partial charge in [0, 0.05) is 6.54 Å². The highest BCUT2D eigenvalue weighted by molar-refractivity contribution is 7.89. The van der Waals surface area contributed by atoms with Crippen LogP contribution in [0.25, 0.3) is 0 Å². The lowest BCUT2D eigenvalue weighted by atomic mass is 10.1. The molecule has 0 atom stereocenters. The van der Waals surface area contributed by atoms with Crippen LogP contribution in [0.2, 0.25) is 5.02 Å². The van der Waals surface area contributed by atoms with E-state index in [2.05, 4.69) is 0 Å². The molecule has 0 saturated heterocycles. The second-order valence-corrected chi connectivity index (χ2v) is 6.92. The van der Waals surface area contributed by atoms with Gasteiger partial charge in [-0.1, -0.05) is 11.6 Å². The molecular weight excluding hydrogens is 377 g/mol. The summed E-state index contributed by atoms with van der Waals surface area (Å²) in [6, 6.07) is 4.33. The Bertz CT molecular complexity index is 868. The van der Waals surface area contributed by atoms with Gasteiger partial charge in [-0.2, -0.15) is 13.2 Å². The lowest BCUT2D eigenvalue weighted by molar-refractivity contribution is -0.137. The number of hydrogen-bond acceptors (Lipinski definition) is 2. The van der Waals surface area contributed by atoms with Crippen molar-refractivity contribution in [2.45, 2.75) is 17.6 Å². The predicted octanol–water partition coefficient (Wildman–Crippen LogP) is 4.12. The van der Waals surface area contributed by atoms with Crippen LogP contribution >= 0.6 is 11.6 Å². The fourth-order valence-electron chi connectivity index (χ4n) is 1.82. The Morgan fingerprint density at radius 1 is 1.04 bits per heavy atom. The number of rotatable bonds is 4. The lowest BCUT2D eigenvalue weighted by Crippen LogP contribution is -2.23. The maximum absolute atomic E-state index is 13.3. The van der Waals surface area contributed by atoms with E-state index in [1.807, 2.05) is 4.72 Å². The molecule has 0 unspecified atom stereocenters. The van der Waals surface area contributed by atoms with Gasteiger partial charge in [0.2, 0.25) is 10.0 Å². The van der Waals surface area contributed by atoms with Crippen molar-refractivity contribution in [3.8, 4) is 0 Å². The van der Waals surface area contributed by atoms with Crippen LogP contribution in [0.3, 0.4) is 0 Å². The van der Waals surface area contributed by atoms with Crippen molar-refractivity contribution in [3.05, 3.63) is 64.2 Å². The summed E-state index contributed by atoms with van der Waals surface area (Å²) in [4.78, 5) is -0.374. The van der Waals surface area contributed by atoms with E-state index in [-0.39, 0.29) is 10.5 Å². The number of benzene rings is 2. The molecule has 1 N–H and O–H groups in total. The number of halogens is 6. The first-order valence-corrected chi connectivity index (χ1v) is 8.16. The van der Waals surface area contributed by atoms with E-state index >= 15 is 0 Å². The summed E-state index contributed by atoms with van der Waals surface area (Å²) in [5.74, 6) is -1.97. The van der Waals surface area contributed by atoms with Crippen LogP contribution in [0.4, 0.5) is 22.0 Å². The van der Waals surface area contributed by atoms with Crippen LogP contribution in [0.15, 0.2) is 41.3 Å². The molecule has 0 aliphatic carbocycles. The molecule has 10 heteroatoms. The molecule has 0 fully saturated rings. The SMILES string of the molecule is O=S(=O)(NCc1cc(F)cc(C(F)(F)F)c1)c1ccc(F)c(Cl)c1. The van der Waals surface area contributed by atoms with Crippen molar-refractivity contribution in [3.63, 3.8) is 0 Å². The highest BCUT2D eigenvalue weighted by atomic mass is 35.5. The van der Waals surface area contributed by atoms with Crippen molar-refractivity contribution >= 4 is 21.6 Å². The second-order valence-electron chi connectivity index (χ2n) is 4.75. The quantitative estimate of drug-likeness (QED) is 0.805. The van der Waals surface area contributed by atoms with E-state index in [0.717, 1.165) is 24.3 Å². The third kappa shape index (κ3) is 4.43. The number of hydrogen-bond donors (Lipinski definition) is 1. The second kappa shape index (κ2) is 6.66. The Hall–Kier alpha value is -1.71. The van der Waals surface area contributed by atoms with Crippen LogP contribution in [0.1, 0.15) is 11.1 Å². The lowest BCUT2D eigenvalue weighted by Gasteiger charge is -2.11. The summed E-state index contributed by atoms with van der Waals surface area (Å²) in [5.41, 5.74) is -1.46. The molecule has 2 aromatic rings. The van der Waals surface area contributed by atoms with Gasteiger partial charge in [0.25, 0.3) is 0 Å². The first-order chi connectivity index (χ1) is 11.0. The average Bonchev–Trinajstić information content (AvgIpc) is 2.46. The first kappa shape index (κ1) is 18.6. The molecule has 0 aromatic heterocycles. The Morgan fingerprint density at radius 2 is 1.71 bits per heavy atom. The maximum atomic E-state index is 13.3. The molecule has 0 spiro atoms. The Balaban J connectivity index is 2.23. The highest BCUT2D eigenvalue weighted by Gasteiger charge is 2.31. The molecule has 0 aliphatic heterocycles. The highest BCUT2D eigenvalue weighted by Crippen LogP contribution is 2.30. The van der Waals surface area contributed by atoms with Gasteiger partial charge in [0.1, 0.15) is 11.6 Å². The predicted molar refractivity (Wildman–Crippen MR) is 76.8 cm³/mol. The van der Waals surface area contributed by atoms with E-state index in [1.165, 1.54) is 0 Å². The molecule has 2 aromatic carbocycles. The fraction of sp³-hybridized carbons (Fsp3) is 0.143. The number of alkyl halides is 3. The Morgan fingerprint density at radius 3 is 2.29 bits per heavy atom. The number of sulfonamides is 1. The fourth-order valence-corrected chi connectivity index (χ4v) is 3.11. The van der Waals surface area contributed by atoms with Gasteiger partial charge in [-0.15, -0.1) is 0 Å². The summed E-state index contributed by atoms with van der Waals surface area (Å²) < 4.78 is 90.2. The molecule has 0 radical (unpaired) electrons. The zero-order valence-corrected chi connectivity index (χ0v) is 13.2. The van der Waals surface area contributed by atoms with Crippen LogP contribution in [-0.4, -0.2) is 8.42 Å². The molecule has 24 heavy (non-hydrogen) atoms. The summed E-state index contributed by atoms with van der Waals surface area (Å²) in [6.07, 6.45) is -4.76. The zero-order valence-electron chi connectivity index (χ0n) is 11.7. The molecule has 0 saturated carbocycles. The van der Waals surface area contributed by atoms with Crippen molar-refractivity contribution in [2.24, 2.45) is 0 Å². The van der Waals surface area contributed by atoms with Gasteiger partial charge in [-0.25, -0.2) is 21.9 Å². The van der Waals surface area contributed by atoms with Crippen LogP contribution in [-0.2, 0) is 22.7 Å². The van der Waals surface area contributed by atoms with E-state index in [1.54, 1.807) is 0 Å². The molecule has 0 heterocycles. The Kier molecular flexibility index (Phi) is 5.17. The van der Waals surface area contributed by atoms with Gasteiger partial charge in [-0.05, 0) is 42.0 Å². The topological polar surface area (TPSA) is 46.2 Å². The van der Waals surface area contributed by atoms with E-state index in [9.17, 15) is 30.4 Å². The molecule has 130 valence electrons. The maximum Gasteiger partial charge on any atom is 0.416 e. The summed E-state index contributed by atoms with van der Waals surface area (Å²) in [7, 11) is -4.16. The normalized spacial score (nSPS) is 12.4. The minimum atomic E-state index is -4.76. The molecule has 3 nitrogen and oxygen atoms in total. The van der Waals surface area contributed by atoms with Crippen molar-refractivity contribution in [1.82, 2.24) is 4.72 Å². The minimum absolute atomic E-state index is 0.223. The van der Waals surface area contributed by atoms with Gasteiger partial charge < -0.3 is 0 Å². The van der Waals surface area contributed by atoms with Crippen LogP contribution in [0.5, 0.6) is 0 Å². The third-order valence-corrected chi connectivity index (χ3v) is 4.64. The van der Waals surface area contributed by atoms with Gasteiger partial charge in [0.15, 0.2) is 0 Å². The average molecular weight is 386 g/mol. The molecular formula is C14H9ClF5NO2S. The smallest absolute Gasteiger partial charge is 0.207 e. The van der Waals surface area contributed by atoms with Gasteiger partial charge >= 0.3 is 6.18 Å². The van der Waals surface area contributed by atoms with Crippen molar-refractivity contribution < 1.29 is 30.4 Å². The summed E-state index contributed by atoms with van der Waals surface area (Å²) in [5, 5.41) is -0.428. The first-order valence-electron chi connectivity index (χ1n) is 6.30. The van der Waals surface area contributed by atoms with E-state index in [0.29, 0.717) is 12.1 Å². The molecule has 0 bridgehead atoms.